The second-order valence-corrected chi connectivity index (χ2v) is 7.77. The van der Waals surface area contributed by atoms with E-state index >= 15 is 0 Å². The molecule has 0 saturated heterocycles. The number of rotatable bonds is 4. The van der Waals surface area contributed by atoms with E-state index < -0.39 is 0 Å². The largest absolute Gasteiger partial charge is 0.630 e. The SMILES string of the molecule is CC1(C)CC(=O)c2c([nH]c(-c3ccncc3)c2Nc2ccc([NH2+][O-])cc2)C1. The number of Topliss-reactive ketones (excluding diaryl/α,β-unsaturated/α-hetero) is 1. The molecule has 3 aromatic rings. The maximum atomic E-state index is 12.9. The van der Waals surface area contributed by atoms with Gasteiger partial charge in [-0.2, -0.15) is 0 Å². The first-order valence-electron chi connectivity index (χ1n) is 8.97. The Morgan fingerprint density at radius 1 is 1.11 bits per heavy atom. The van der Waals surface area contributed by atoms with E-state index in [2.05, 4.69) is 29.1 Å². The zero-order valence-corrected chi connectivity index (χ0v) is 15.4. The lowest BCUT2D eigenvalue weighted by atomic mass is 9.76. The van der Waals surface area contributed by atoms with Crippen molar-refractivity contribution in [2.24, 2.45) is 5.41 Å². The van der Waals surface area contributed by atoms with Crippen LogP contribution in [0.25, 0.3) is 11.3 Å². The summed E-state index contributed by atoms with van der Waals surface area (Å²) in [6.45, 7) is 4.23. The lowest BCUT2D eigenvalue weighted by molar-refractivity contribution is -0.497. The molecule has 0 aliphatic heterocycles. The minimum Gasteiger partial charge on any atom is -0.630 e. The van der Waals surface area contributed by atoms with E-state index in [0.717, 1.165) is 45.8 Å². The number of hydrogen-bond donors (Lipinski definition) is 3. The number of hydrogen-bond acceptors (Lipinski definition) is 4. The smallest absolute Gasteiger partial charge is 0.167 e. The first-order valence-corrected chi connectivity index (χ1v) is 8.97. The van der Waals surface area contributed by atoms with Gasteiger partial charge in [0.05, 0.1) is 16.9 Å². The molecule has 4 rings (SSSR count). The number of carbonyl (C=O) groups excluding carboxylic acids is 1. The Balaban J connectivity index is 1.83. The summed E-state index contributed by atoms with van der Waals surface area (Å²) in [4.78, 5) is 20.5. The molecule has 0 unspecified atom stereocenters. The monoisotopic (exact) mass is 362 g/mol. The van der Waals surface area contributed by atoms with Crippen LogP contribution >= 0.6 is 0 Å². The lowest BCUT2D eigenvalue weighted by Crippen LogP contribution is -2.70. The zero-order chi connectivity index (χ0) is 19.0. The van der Waals surface area contributed by atoms with Crippen molar-refractivity contribution in [2.75, 3.05) is 5.32 Å². The van der Waals surface area contributed by atoms with Gasteiger partial charge in [0.2, 0.25) is 0 Å². The summed E-state index contributed by atoms with van der Waals surface area (Å²) in [5.74, 6) is 0.143. The molecule has 0 amide bonds. The van der Waals surface area contributed by atoms with Gasteiger partial charge >= 0.3 is 0 Å². The second-order valence-electron chi connectivity index (χ2n) is 7.77. The highest BCUT2D eigenvalue weighted by atomic mass is 16.5. The maximum absolute atomic E-state index is 12.9. The Bertz CT molecular complexity index is 975. The number of ketones is 1. The Hall–Kier alpha value is -2.96. The first kappa shape index (κ1) is 17.5. The standard InChI is InChI=1S/C21H22N4O2/c1-21(2)11-16-18(17(26)12-21)20(19(24-16)13-7-9-22-10-8-13)23-14-3-5-15(25-27)6-4-14/h3-10,23-24H,11-12,25H2,1-2H3. The van der Waals surface area contributed by atoms with E-state index in [0.29, 0.717) is 12.1 Å². The highest BCUT2D eigenvalue weighted by Crippen LogP contribution is 2.43. The van der Waals surface area contributed by atoms with Crippen molar-refractivity contribution in [2.45, 2.75) is 26.7 Å². The van der Waals surface area contributed by atoms with Crippen LogP contribution in [0, 0.1) is 10.6 Å². The molecule has 1 aromatic carbocycles. The summed E-state index contributed by atoms with van der Waals surface area (Å²) in [5, 5.41) is 14.3. The predicted molar refractivity (Wildman–Crippen MR) is 105 cm³/mol. The molecule has 0 radical (unpaired) electrons. The number of aromatic amines is 1. The van der Waals surface area contributed by atoms with Gasteiger partial charge in [-0.1, -0.05) is 13.8 Å². The Morgan fingerprint density at radius 3 is 2.48 bits per heavy atom. The molecule has 0 saturated carbocycles. The molecule has 0 bridgehead atoms. The first-order chi connectivity index (χ1) is 13.0. The van der Waals surface area contributed by atoms with Crippen LogP contribution in [0.4, 0.5) is 17.1 Å². The Morgan fingerprint density at radius 2 is 1.81 bits per heavy atom. The summed E-state index contributed by atoms with van der Waals surface area (Å²) >= 11 is 0. The van der Waals surface area contributed by atoms with E-state index in [1.807, 2.05) is 24.3 Å². The van der Waals surface area contributed by atoms with Crippen molar-refractivity contribution >= 4 is 22.8 Å². The average molecular weight is 362 g/mol. The van der Waals surface area contributed by atoms with Crippen LogP contribution in [-0.4, -0.2) is 15.8 Å². The predicted octanol–water partition coefficient (Wildman–Crippen LogP) is 3.67. The number of pyridine rings is 1. The van der Waals surface area contributed by atoms with Crippen molar-refractivity contribution in [3.8, 4) is 11.3 Å². The quantitative estimate of drug-likeness (QED) is 0.487. The van der Waals surface area contributed by atoms with Crippen LogP contribution in [0.15, 0.2) is 48.8 Å². The number of benzene rings is 1. The molecule has 0 atom stereocenters. The molecule has 2 heterocycles. The third kappa shape index (κ3) is 3.37. The zero-order valence-electron chi connectivity index (χ0n) is 15.4. The molecule has 27 heavy (non-hydrogen) atoms. The van der Waals surface area contributed by atoms with E-state index in [1.54, 1.807) is 24.5 Å². The van der Waals surface area contributed by atoms with Crippen LogP contribution in [0.5, 0.6) is 0 Å². The van der Waals surface area contributed by atoms with Gasteiger partial charge in [0.25, 0.3) is 0 Å². The molecule has 4 N–H and O–H groups in total. The van der Waals surface area contributed by atoms with Gasteiger partial charge in [-0.25, -0.2) is 0 Å². The summed E-state index contributed by atoms with van der Waals surface area (Å²) in [6.07, 6.45) is 4.82. The van der Waals surface area contributed by atoms with Gasteiger partial charge in [0, 0.05) is 47.9 Å². The van der Waals surface area contributed by atoms with Crippen molar-refractivity contribution < 1.29 is 10.3 Å². The topological polar surface area (TPSA) is 97.5 Å². The Kier molecular flexibility index (Phi) is 4.30. The number of H-pyrrole nitrogens is 1. The normalized spacial score (nSPS) is 15.4. The summed E-state index contributed by atoms with van der Waals surface area (Å²) in [6, 6.07) is 11.0. The molecule has 6 nitrogen and oxygen atoms in total. The van der Waals surface area contributed by atoms with Crippen LogP contribution < -0.4 is 10.8 Å². The maximum Gasteiger partial charge on any atom is 0.167 e. The molecule has 0 spiro atoms. The summed E-state index contributed by atoms with van der Waals surface area (Å²) in [7, 11) is 0. The third-order valence-corrected chi connectivity index (χ3v) is 4.94. The summed E-state index contributed by atoms with van der Waals surface area (Å²) in [5.41, 5.74) is 6.54. The minimum atomic E-state index is -0.0622. The molecule has 6 heteroatoms. The molecule has 2 aromatic heterocycles. The van der Waals surface area contributed by atoms with Crippen molar-refractivity contribution in [3.05, 3.63) is 65.3 Å². The number of nitrogens with zero attached hydrogens (tertiary/aromatic N) is 1. The lowest BCUT2D eigenvalue weighted by Gasteiger charge is -2.28. The fourth-order valence-corrected chi connectivity index (χ4v) is 3.71. The van der Waals surface area contributed by atoms with Crippen molar-refractivity contribution in [1.29, 1.82) is 0 Å². The van der Waals surface area contributed by atoms with E-state index in [9.17, 15) is 10.0 Å². The number of quaternary nitrogens is 1. The van der Waals surface area contributed by atoms with E-state index in [4.69, 9.17) is 0 Å². The van der Waals surface area contributed by atoms with Crippen LogP contribution in [0.3, 0.4) is 0 Å². The van der Waals surface area contributed by atoms with Gasteiger partial charge in [0.1, 0.15) is 5.69 Å². The molecule has 1 aliphatic carbocycles. The van der Waals surface area contributed by atoms with Crippen LogP contribution in [0.2, 0.25) is 0 Å². The fraction of sp³-hybridized carbons (Fsp3) is 0.238. The molecule has 0 fully saturated rings. The minimum absolute atomic E-state index is 0.0622. The fourth-order valence-electron chi connectivity index (χ4n) is 3.71. The molecular formula is C21H22N4O2. The average Bonchev–Trinajstić information content (AvgIpc) is 3.00. The Labute approximate surface area is 157 Å². The number of nitrogens with one attached hydrogen (secondary N) is 2. The summed E-state index contributed by atoms with van der Waals surface area (Å²) < 4.78 is 0. The number of anilines is 2. The van der Waals surface area contributed by atoms with Crippen molar-refractivity contribution in [1.82, 2.24) is 9.97 Å². The molecular weight excluding hydrogens is 340 g/mol. The van der Waals surface area contributed by atoms with Crippen molar-refractivity contribution in [3.63, 3.8) is 0 Å². The van der Waals surface area contributed by atoms with Gasteiger partial charge in [0.15, 0.2) is 5.78 Å². The van der Waals surface area contributed by atoms with E-state index in [1.165, 1.54) is 0 Å². The molecule has 1 aliphatic rings. The van der Waals surface area contributed by atoms with Gasteiger partial charge in [-0.3, -0.25) is 9.78 Å². The second kappa shape index (κ2) is 6.64. The van der Waals surface area contributed by atoms with Crippen LogP contribution in [-0.2, 0) is 6.42 Å². The number of carbonyl (C=O) groups is 1. The molecule has 138 valence electrons. The van der Waals surface area contributed by atoms with Gasteiger partial charge < -0.3 is 21.0 Å². The number of fused-ring (bicyclic) bond motifs is 1. The van der Waals surface area contributed by atoms with Gasteiger partial charge in [-0.15, -0.1) is 0 Å². The van der Waals surface area contributed by atoms with Gasteiger partial charge in [-0.05, 0) is 36.1 Å². The van der Waals surface area contributed by atoms with Crippen LogP contribution in [0.1, 0.15) is 36.3 Å². The highest BCUT2D eigenvalue weighted by Gasteiger charge is 2.35. The number of nitrogens with two attached hydrogens (primary N) is 1. The highest BCUT2D eigenvalue weighted by molar-refractivity contribution is 6.07. The van der Waals surface area contributed by atoms with E-state index in [-0.39, 0.29) is 11.2 Å². The third-order valence-electron chi connectivity index (χ3n) is 4.94. The number of aromatic nitrogens is 2.